The molecule has 0 aliphatic rings. The second-order valence-electron chi connectivity index (χ2n) is 6.98. The van der Waals surface area contributed by atoms with Gasteiger partial charge in [-0.15, -0.1) is 0 Å². The maximum absolute atomic E-state index is 13.0. The van der Waals surface area contributed by atoms with Crippen LogP contribution in [0.1, 0.15) is 5.56 Å². The number of nitrogens with one attached hydrogen (secondary N) is 2. The summed E-state index contributed by atoms with van der Waals surface area (Å²) >= 11 is 5.60. The normalized spacial score (nSPS) is 11.4. The van der Waals surface area contributed by atoms with Crippen LogP contribution in [0.4, 0.5) is 35.2 Å². The van der Waals surface area contributed by atoms with E-state index in [1.807, 2.05) is 30.3 Å². The molecule has 3 aromatic carbocycles. The van der Waals surface area contributed by atoms with Crippen LogP contribution in [0.15, 0.2) is 72.9 Å². The quantitative estimate of drug-likeness (QED) is 0.317. The third-order valence-electron chi connectivity index (χ3n) is 4.77. The van der Waals surface area contributed by atoms with E-state index in [0.29, 0.717) is 11.5 Å². The predicted molar refractivity (Wildman–Crippen MR) is 121 cm³/mol. The first kappa shape index (κ1) is 21.5. The van der Waals surface area contributed by atoms with E-state index in [0.717, 1.165) is 34.0 Å². The SMILES string of the molecule is Nc1cc2c(-c3ccc(NC(=O)Nc4ccc(Cl)c(C(F)(F)F)c4)cc3)cccc2cn1. The van der Waals surface area contributed by atoms with Gasteiger partial charge in [0.1, 0.15) is 5.82 Å². The number of anilines is 3. The molecular formula is C23H16ClF3N4O. The summed E-state index contributed by atoms with van der Waals surface area (Å²) in [7, 11) is 0. The summed E-state index contributed by atoms with van der Waals surface area (Å²) in [6, 6.07) is 17.1. The summed E-state index contributed by atoms with van der Waals surface area (Å²) in [6.45, 7) is 0. The molecule has 4 N–H and O–H groups in total. The fraction of sp³-hybridized carbons (Fsp3) is 0.0435. The molecule has 1 heterocycles. The minimum Gasteiger partial charge on any atom is -0.384 e. The molecule has 162 valence electrons. The van der Waals surface area contributed by atoms with Crippen LogP contribution in [-0.2, 0) is 6.18 Å². The molecular weight excluding hydrogens is 441 g/mol. The molecule has 0 aliphatic carbocycles. The number of nitrogens with zero attached hydrogens (tertiary/aromatic N) is 1. The van der Waals surface area contributed by atoms with Crippen molar-refractivity contribution in [1.29, 1.82) is 0 Å². The van der Waals surface area contributed by atoms with Gasteiger partial charge in [-0.1, -0.05) is 41.9 Å². The monoisotopic (exact) mass is 456 g/mol. The number of aromatic nitrogens is 1. The molecule has 0 bridgehead atoms. The average molecular weight is 457 g/mol. The van der Waals surface area contributed by atoms with E-state index in [2.05, 4.69) is 15.6 Å². The maximum Gasteiger partial charge on any atom is 0.417 e. The lowest BCUT2D eigenvalue weighted by atomic mass is 9.99. The number of rotatable bonds is 3. The minimum atomic E-state index is -4.62. The Morgan fingerprint density at radius 2 is 1.62 bits per heavy atom. The van der Waals surface area contributed by atoms with Gasteiger partial charge in [0, 0.05) is 23.0 Å². The highest BCUT2D eigenvalue weighted by Crippen LogP contribution is 2.36. The largest absolute Gasteiger partial charge is 0.417 e. The second kappa shape index (κ2) is 8.39. The van der Waals surface area contributed by atoms with Gasteiger partial charge in [0.15, 0.2) is 0 Å². The van der Waals surface area contributed by atoms with Crippen LogP contribution in [0.2, 0.25) is 5.02 Å². The first-order valence-corrected chi connectivity index (χ1v) is 9.78. The summed E-state index contributed by atoms with van der Waals surface area (Å²) in [4.78, 5) is 16.3. The van der Waals surface area contributed by atoms with Crippen molar-refractivity contribution in [2.45, 2.75) is 6.18 Å². The molecule has 9 heteroatoms. The van der Waals surface area contributed by atoms with Gasteiger partial charge >= 0.3 is 12.2 Å². The summed E-state index contributed by atoms with van der Waals surface area (Å²) in [5.41, 5.74) is 7.09. The molecule has 5 nitrogen and oxygen atoms in total. The first-order valence-electron chi connectivity index (χ1n) is 9.40. The van der Waals surface area contributed by atoms with E-state index in [1.165, 1.54) is 6.07 Å². The molecule has 0 saturated carbocycles. The van der Waals surface area contributed by atoms with E-state index >= 15 is 0 Å². The molecule has 2 amide bonds. The molecule has 0 spiro atoms. The Balaban J connectivity index is 1.50. The van der Waals surface area contributed by atoms with Gasteiger partial charge < -0.3 is 16.4 Å². The van der Waals surface area contributed by atoms with Crippen molar-refractivity contribution >= 4 is 45.6 Å². The van der Waals surface area contributed by atoms with E-state index in [-0.39, 0.29) is 5.69 Å². The van der Waals surface area contributed by atoms with Crippen LogP contribution >= 0.6 is 11.6 Å². The highest BCUT2D eigenvalue weighted by atomic mass is 35.5. The molecule has 32 heavy (non-hydrogen) atoms. The highest BCUT2D eigenvalue weighted by Gasteiger charge is 2.33. The lowest BCUT2D eigenvalue weighted by Gasteiger charge is -2.13. The highest BCUT2D eigenvalue weighted by molar-refractivity contribution is 6.31. The minimum absolute atomic E-state index is 0.0298. The van der Waals surface area contributed by atoms with Crippen molar-refractivity contribution < 1.29 is 18.0 Å². The smallest absolute Gasteiger partial charge is 0.384 e. The second-order valence-corrected chi connectivity index (χ2v) is 7.39. The molecule has 1 aromatic heterocycles. The van der Waals surface area contributed by atoms with Crippen molar-refractivity contribution in [3.05, 3.63) is 83.5 Å². The van der Waals surface area contributed by atoms with Crippen LogP contribution in [-0.4, -0.2) is 11.0 Å². The van der Waals surface area contributed by atoms with Crippen molar-refractivity contribution in [2.75, 3.05) is 16.4 Å². The summed E-state index contributed by atoms with van der Waals surface area (Å²) in [5.74, 6) is 0.413. The Labute approximate surface area is 186 Å². The fourth-order valence-electron chi connectivity index (χ4n) is 3.28. The number of nitrogens with two attached hydrogens (primary N) is 1. The van der Waals surface area contributed by atoms with Crippen molar-refractivity contribution in [3.63, 3.8) is 0 Å². The molecule has 0 atom stereocenters. The standard InChI is InChI=1S/C23H16ClF3N4O/c24-20-9-8-16(10-19(20)23(25,26)27)31-22(32)30-15-6-4-13(5-7-15)17-3-1-2-14-12-29-21(28)11-18(14)17/h1-12H,(H2,28,29)(H2,30,31,32). The first-order chi connectivity index (χ1) is 15.2. The number of benzene rings is 3. The van der Waals surface area contributed by atoms with Crippen LogP contribution in [0.25, 0.3) is 21.9 Å². The predicted octanol–water partition coefficient (Wildman–Crippen LogP) is 6.80. The number of carbonyl (C=O) groups excluding carboxylic acids is 1. The molecule has 4 rings (SSSR count). The van der Waals surface area contributed by atoms with Gasteiger partial charge in [0.05, 0.1) is 10.6 Å². The van der Waals surface area contributed by atoms with Crippen LogP contribution in [0, 0.1) is 0 Å². The average Bonchev–Trinajstić information content (AvgIpc) is 2.74. The Morgan fingerprint density at radius 1 is 0.938 bits per heavy atom. The van der Waals surface area contributed by atoms with Gasteiger partial charge in [-0.05, 0) is 52.9 Å². The van der Waals surface area contributed by atoms with Gasteiger partial charge in [-0.3, -0.25) is 0 Å². The lowest BCUT2D eigenvalue weighted by Crippen LogP contribution is -2.19. The van der Waals surface area contributed by atoms with Crippen molar-refractivity contribution in [3.8, 4) is 11.1 Å². The van der Waals surface area contributed by atoms with Crippen molar-refractivity contribution in [2.24, 2.45) is 0 Å². The van der Waals surface area contributed by atoms with Gasteiger partial charge in [0.25, 0.3) is 0 Å². The van der Waals surface area contributed by atoms with Gasteiger partial charge in [-0.2, -0.15) is 13.2 Å². The number of amides is 2. The Bertz CT molecular complexity index is 1310. The summed E-state index contributed by atoms with van der Waals surface area (Å²) < 4.78 is 39.0. The van der Waals surface area contributed by atoms with Gasteiger partial charge in [0.2, 0.25) is 0 Å². The number of nitrogen functional groups attached to an aromatic ring is 1. The van der Waals surface area contributed by atoms with E-state index < -0.39 is 22.8 Å². The third kappa shape index (κ3) is 4.60. The Morgan fingerprint density at radius 3 is 2.34 bits per heavy atom. The van der Waals surface area contributed by atoms with Crippen LogP contribution < -0.4 is 16.4 Å². The molecule has 0 unspecified atom stereocenters. The topological polar surface area (TPSA) is 80.0 Å². The van der Waals surface area contributed by atoms with E-state index in [1.54, 1.807) is 24.4 Å². The number of hydrogen-bond acceptors (Lipinski definition) is 3. The van der Waals surface area contributed by atoms with Crippen LogP contribution in [0.5, 0.6) is 0 Å². The van der Waals surface area contributed by atoms with Crippen molar-refractivity contribution in [1.82, 2.24) is 4.98 Å². The number of alkyl halides is 3. The summed E-state index contributed by atoms with van der Waals surface area (Å²) in [6.07, 6.45) is -2.92. The third-order valence-corrected chi connectivity index (χ3v) is 5.10. The number of urea groups is 1. The van der Waals surface area contributed by atoms with E-state index in [9.17, 15) is 18.0 Å². The number of fused-ring (bicyclic) bond motifs is 1. The zero-order chi connectivity index (χ0) is 22.9. The number of halogens is 4. The molecule has 0 aliphatic heterocycles. The molecule has 4 aromatic rings. The Kier molecular flexibility index (Phi) is 5.63. The fourth-order valence-corrected chi connectivity index (χ4v) is 3.51. The summed E-state index contributed by atoms with van der Waals surface area (Å²) in [5, 5.41) is 6.42. The van der Waals surface area contributed by atoms with E-state index in [4.69, 9.17) is 17.3 Å². The number of hydrogen-bond donors (Lipinski definition) is 3. The molecule has 0 fully saturated rings. The van der Waals surface area contributed by atoms with Crippen LogP contribution in [0.3, 0.4) is 0 Å². The zero-order valence-electron chi connectivity index (χ0n) is 16.4. The maximum atomic E-state index is 13.0. The lowest BCUT2D eigenvalue weighted by molar-refractivity contribution is -0.137. The molecule has 0 radical (unpaired) electrons. The zero-order valence-corrected chi connectivity index (χ0v) is 17.1. The van der Waals surface area contributed by atoms with Gasteiger partial charge in [-0.25, -0.2) is 9.78 Å². The number of carbonyl (C=O) groups is 1. The number of pyridine rings is 1. The molecule has 0 saturated heterocycles. The Hall–Kier alpha value is -3.78.